The summed E-state index contributed by atoms with van der Waals surface area (Å²) in [6.45, 7) is 4.47. The van der Waals surface area contributed by atoms with E-state index in [0.29, 0.717) is 5.41 Å². The molecule has 0 heterocycles. The second-order valence-electron chi connectivity index (χ2n) is 6.15. The molecule has 1 spiro atoms. The van der Waals surface area contributed by atoms with E-state index in [-0.39, 0.29) is 12.0 Å². The highest BCUT2D eigenvalue weighted by atomic mass is 16.3. The van der Waals surface area contributed by atoms with Crippen molar-refractivity contribution in [3.63, 3.8) is 0 Å². The van der Waals surface area contributed by atoms with Crippen molar-refractivity contribution in [2.45, 2.75) is 64.4 Å². The van der Waals surface area contributed by atoms with Crippen LogP contribution in [0.5, 0.6) is 0 Å². The Labute approximate surface area is 92.7 Å². The van der Waals surface area contributed by atoms with Gasteiger partial charge in [-0.2, -0.15) is 0 Å². The van der Waals surface area contributed by atoms with Gasteiger partial charge in [-0.05, 0) is 49.4 Å². The average molecular weight is 212 g/mol. The van der Waals surface area contributed by atoms with Crippen LogP contribution in [0.1, 0.15) is 58.8 Å². The van der Waals surface area contributed by atoms with E-state index in [1.807, 2.05) is 0 Å². The van der Waals surface area contributed by atoms with Gasteiger partial charge in [0.2, 0.25) is 0 Å². The van der Waals surface area contributed by atoms with Gasteiger partial charge < -0.3 is 10.2 Å². The molecule has 0 radical (unpaired) electrons. The van der Waals surface area contributed by atoms with Crippen LogP contribution in [-0.4, -0.2) is 22.4 Å². The number of hydrogen-bond donors (Lipinski definition) is 2. The minimum absolute atomic E-state index is 0.0671. The van der Waals surface area contributed by atoms with Gasteiger partial charge in [0.1, 0.15) is 0 Å². The van der Waals surface area contributed by atoms with Crippen molar-refractivity contribution in [1.29, 1.82) is 0 Å². The molecule has 0 amide bonds. The van der Waals surface area contributed by atoms with E-state index >= 15 is 0 Å². The largest absolute Gasteiger partial charge is 0.393 e. The van der Waals surface area contributed by atoms with Gasteiger partial charge in [0.05, 0.1) is 12.2 Å². The van der Waals surface area contributed by atoms with Gasteiger partial charge in [0.15, 0.2) is 0 Å². The van der Waals surface area contributed by atoms with Crippen LogP contribution in [0.4, 0.5) is 0 Å². The van der Waals surface area contributed by atoms with E-state index in [4.69, 9.17) is 0 Å². The smallest absolute Gasteiger partial charge is 0.0883 e. The third kappa shape index (κ3) is 1.72. The molecule has 2 rings (SSSR count). The van der Waals surface area contributed by atoms with Gasteiger partial charge in [-0.15, -0.1) is 0 Å². The Bertz CT molecular complexity index is 247. The summed E-state index contributed by atoms with van der Waals surface area (Å²) in [5.74, 6) is 0. The molecule has 2 unspecified atom stereocenters. The van der Waals surface area contributed by atoms with E-state index in [1.165, 1.54) is 25.7 Å². The van der Waals surface area contributed by atoms with Crippen molar-refractivity contribution < 1.29 is 10.2 Å². The number of hydrogen-bond acceptors (Lipinski definition) is 2. The molecule has 0 aromatic heterocycles. The highest BCUT2D eigenvalue weighted by molar-refractivity contribution is 5.11. The number of aliphatic hydroxyl groups is 2. The van der Waals surface area contributed by atoms with Crippen molar-refractivity contribution in [3.8, 4) is 0 Å². The molecule has 2 aliphatic rings. The Kier molecular flexibility index (Phi) is 2.63. The molecule has 2 heteroatoms. The van der Waals surface area contributed by atoms with E-state index in [2.05, 4.69) is 13.8 Å². The minimum atomic E-state index is -0.794. The van der Waals surface area contributed by atoms with Crippen molar-refractivity contribution in [3.05, 3.63) is 0 Å². The van der Waals surface area contributed by atoms with Gasteiger partial charge in [-0.25, -0.2) is 0 Å². The predicted molar refractivity (Wildman–Crippen MR) is 60.6 cm³/mol. The molecule has 2 atom stereocenters. The Hall–Kier alpha value is -0.0800. The van der Waals surface area contributed by atoms with E-state index < -0.39 is 5.60 Å². The first-order chi connectivity index (χ1) is 6.99. The molecular formula is C13H24O2. The lowest BCUT2D eigenvalue weighted by molar-refractivity contribution is -0.110. The molecule has 2 aliphatic carbocycles. The first-order valence-electron chi connectivity index (χ1n) is 6.33. The zero-order valence-electron chi connectivity index (χ0n) is 10.1. The quantitative estimate of drug-likeness (QED) is 0.754. The fourth-order valence-corrected chi connectivity index (χ4v) is 3.82. The Morgan fingerprint density at radius 1 is 1.13 bits per heavy atom. The molecule has 2 nitrogen and oxygen atoms in total. The summed E-state index contributed by atoms with van der Waals surface area (Å²) in [6.07, 6.45) is 7.75. The summed E-state index contributed by atoms with van der Waals surface area (Å²) in [5.41, 5.74) is -0.0142. The fraction of sp³-hybridized carbons (Fsp3) is 1.00. The molecule has 0 aromatic rings. The van der Waals surface area contributed by atoms with Gasteiger partial charge >= 0.3 is 0 Å². The second-order valence-corrected chi connectivity index (χ2v) is 6.15. The second kappa shape index (κ2) is 3.46. The molecule has 0 bridgehead atoms. The maximum absolute atomic E-state index is 10.3. The summed E-state index contributed by atoms with van der Waals surface area (Å²) in [7, 11) is 0. The van der Waals surface area contributed by atoms with Gasteiger partial charge in [-0.3, -0.25) is 0 Å². The Morgan fingerprint density at radius 2 is 1.73 bits per heavy atom. The third-order valence-electron chi connectivity index (χ3n) is 5.02. The van der Waals surface area contributed by atoms with Crippen LogP contribution in [0.15, 0.2) is 0 Å². The fourth-order valence-electron chi connectivity index (χ4n) is 3.82. The monoisotopic (exact) mass is 212 g/mol. The molecular weight excluding hydrogens is 188 g/mol. The van der Waals surface area contributed by atoms with Crippen LogP contribution in [0.2, 0.25) is 0 Å². The highest BCUT2D eigenvalue weighted by Crippen LogP contribution is 2.68. The number of rotatable bonds is 3. The van der Waals surface area contributed by atoms with Crippen LogP contribution >= 0.6 is 0 Å². The maximum Gasteiger partial charge on any atom is 0.0883 e. The predicted octanol–water partition coefficient (Wildman–Crippen LogP) is 2.48. The van der Waals surface area contributed by atoms with Crippen LogP contribution in [0.3, 0.4) is 0 Å². The van der Waals surface area contributed by atoms with E-state index in [0.717, 1.165) is 19.3 Å². The molecule has 88 valence electrons. The van der Waals surface area contributed by atoms with Gasteiger partial charge in [-0.1, -0.05) is 20.3 Å². The Morgan fingerprint density at radius 3 is 2.20 bits per heavy atom. The topological polar surface area (TPSA) is 40.5 Å². The van der Waals surface area contributed by atoms with Crippen LogP contribution < -0.4 is 0 Å². The minimum Gasteiger partial charge on any atom is -0.393 e. The Balaban J connectivity index is 2.16. The lowest BCUT2D eigenvalue weighted by Gasteiger charge is -2.49. The summed E-state index contributed by atoms with van der Waals surface area (Å²) < 4.78 is 0. The standard InChI is InChI=1S/C13H24O2/c1-3-4-11(2)9-13(15,10-14)8-7-12(11)5-6-12/h14-15H,3-10H2,1-2H3. The van der Waals surface area contributed by atoms with Crippen molar-refractivity contribution >= 4 is 0 Å². The molecule has 0 aromatic carbocycles. The normalized spacial score (nSPS) is 43.2. The van der Waals surface area contributed by atoms with Crippen LogP contribution in [0.25, 0.3) is 0 Å². The molecule has 2 N–H and O–H groups in total. The molecule has 0 aliphatic heterocycles. The SMILES string of the molecule is CCCC1(C)CC(O)(CO)CCC12CC2. The zero-order valence-corrected chi connectivity index (χ0v) is 10.1. The maximum atomic E-state index is 10.3. The summed E-state index contributed by atoms with van der Waals surface area (Å²) in [4.78, 5) is 0. The molecule has 15 heavy (non-hydrogen) atoms. The lowest BCUT2D eigenvalue weighted by atomic mass is 9.58. The number of aliphatic hydroxyl groups excluding tert-OH is 1. The van der Waals surface area contributed by atoms with Gasteiger partial charge in [0, 0.05) is 0 Å². The molecule has 2 saturated carbocycles. The third-order valence-corrected chi connectivity index (χ3v) is 5.02. The van der Waals surface area contributed by atoms with E-state index in [1.54, 1.807) is 0 Å². The zero-order chi connectivity index (χ0) is 11.2. The summed E-state index contributed by atoms with van der Waals surface area (Å²) in [6, 6.07) is 0. The first-order valence-corrected chi connectivity index (χ1v) is 6.33. The average Bonchev–Trinajstić information content (AvgIpc) is 2.95. The molecule has 0 saturated heterocycles. The van der Waals surface area contributed by atoms with Crippen molar-refractivity contribution in [1.82, 2.24) is 0 Å². The van der Waals surface area contributed by atoms with Crippen LogP contribution in [0, 0.1) is 10.8 Å². The van der Waals surface area contributed by atoms with E-state index in [9.17, 15) is 10.2 Å². The summed E-state index contributed by atoms with van der Waals surface area (Å²) in [5, 5.41) is 19.5. The lowest BCUT2D eigenvalue weighted by Crippen LogP contribution is -2.48. The first kappa shape index (κ1) is 11.4. The van der Waals surface area contributed by atoms with Crippen LogP contribution in [-0.2, 0) is 0 Å². The van der Waals surface area contributed by atoms with Crippen molar-refractivity contribution in [2.24, 2.45) is 10.8 Å². The summed E-state index contributed by atoms with van der Waals surface area (Å²) >= 11 is 0. The molecule has 2 fully saturated rings. The van der Waals surface area contributed by atoms with Gasteiger partial charge in [0.25, 0.3) is 0 Å². The highest BCUT2D eigenvalue weighted by Gasteiger charge is 2.60. The van der Waals surface area contributed by atoms with Crippen molar-refractivity contribution in [2.75, 3.05) is 6.61 Å².